The van der Waals surface area contributed by atoms with Crippen LogP contribution in [0.3, 0.4) is 0 Å². The van der Waals surface area contributed by atoms with Crippen LogP contribution >= 0.6 is 22.6 Å². The molecule has 2 nitrogen and oxygen atoms in total. The van der Waals surface area contributed by atoms with E-state index in [9.17, 15) is 18.0 Å². The zero-order valence-corrected chi connectivity index (χ0v) is 12.5. The first-order valence-corrected chi connectivity index (χ1v) is 6.69. The largest absolute Gasteiger partial charge is 0.319 e. The van der Waals surface area contributed by atoms with Gasteiger partial charge in [-0.25, -0.2) is 13.2 Å². The lowest BCUT2D eigenvalue weighted by atomic mass is 10.1. The molecular weight excluding hydrogens is 382 g/mol. The van der Waals surface area contributed by atoms with Crippen LogP contribution in [-0.2, 0) is 0 Å². The van der Waals surface area contributed by atoms with Crippen LogP contribution < -0.4 is 5.32 Å². The Morgan fingerprint density at radius 1 is 1.10 bits per heavy atom. The van der Waals surface area contributed by atoms with Gasteiger partial charge in [0.1, 0.15) is 0 Å². The lowest BCUT2D eigenvalue weighted by Gasteiger charge is -2.09. The van der Waals surface area contributed by atoms with E-state index in [0.717, 1.165) is 17.7 Å². The first kappa shape index (κ1) is 14.8. The molecule has 1 amide bonds. The molecule has 0 heterocycles. The van der Waals surface area contributed by atoms with E-state index >= 15 is 0 Å². The van der Waals surface area contributed by atoms with Crippen molar-refractivity contribution in [1.82, 2.24) is 0 Å². The van der Waals surface area contributed by atoms with E-state index in [4.69, 9.17) is 0 Å². The van der Waals surface area contributed by atoms with Crippen molar-refractivity contribution in [1.29, 1.82) is 0 Å². The SMILES string of the molecule is Cc1cccc(C(=O)Nc2ccc(F)c(F)c2F)c1I. The summed E-state index contributed by atoms with van der Waals surface area (Å²) in [4.78, 5) is 12.0. The normalized spacial score (nSPS) is 10.4. The molecular formula is C14H9F3INO. The predicted octanol–water partition coefficient (Wildman–Crippen LogP) is 4.27. The Kier molecular flexibility index (Phi) is 4.32. The number of carbonyl (C=O) groups excluding carboxylic acids is 1. The quantitative estimate of drug-likeness (QED) is 0.602. The summed E-state index contributed by atoms with van der Waals surface area (Å²) in [7, 11) is 0. The summed E-state index contributed by atoms with van der Waals surface area (Å²) in [6.07, 6.45) is 0. The summed E-state index contributed by atoms with van der Waals surface area (Å²) in [5.41, 5.74) is 0.838. The zero-order chi connectivity index (χ0) is 14.9. The molecule has 104 valence electrons. The van der Waals surface area contributed by atoms with Crippen molar-refractivity contribution in [2.75, 3.05) is 5.32 Å². The van der Waals surface area contributed by atoms with Crippen LogP contribution in [0.2, 0.25) is 0 Å². The molecule has 0 spiro atoms. The summed E-state index contributed by atoms with van der Waals surface area (Å²) >= 11 is 1.99. The molecule has 0 atom stereocenters. The van der Waals surface area contributed by atoms with E-state index in [-0.39, 0.29) is 0 Å². The summed E-state index contributed by atoms with van der Waals surface area (Å²) in [5.74, 6) is -4.91. The minimum atomic E-state index is -1.61. The second-order valence-electron chi connectivity index (χ2n) is 4.11. The monoisotopic (exact) mass is 391 g/mol. The Bertz CT molecular complexity index is 688. The Balaban J connectivity index is 2.33. The van der Waals surface area contributed by atoms with Gasteiger partial charge in [0.2, 0.25) is 0 Å². The first-order chi connectivity index (χ1) is 9.41. The highest BCUT2D eigenvalue weighted by atomic mass is 127. The Labute approximate surface area is 127 Å². The summed E-state index contributed by atoms with van der Waals surface area (Å²) in [6, 6.07) is 6.83. The van der Waals surface area contributed by atoms with Gasteiger partial charge in [0.25, 0.3) is 5.91 Å². The van der Waals surface area contributed by atoms with Crippen LogP contribution in [-0.4, -0.2) is 5.91 Å². The zero-order valence-electron chi connectivity index (χ0n) is 10.3. The number of aryl methyl sites for hydroxylation is 1. The number of carbonyl (C=O) groups is 1. The number of benzene rings is 2. The van der Waals surface area contributed by atoms with Gasteiger partial charge in [-0.2, -0.15) is 0 Å². The van der Waals surface area contributed by atoms with Crippen LogP contribution in [0.1, 0.15) is 15.9 Å². The van der Waals surface area contributed by atoms with E-state index in [0.29, 0.717) is 9.13 Å². The van der Waals surface area contributed by atoms with Crippen molar-refractivity contribution in [3.05, 3.63) is 62.5 Å². The van der Waals surface area contributed by atoms with Gasteiger partial charge >= 0.3 is 0 Å². The van der Waals surface area contributed by atoms with E-state index in [1.807, 2.05) is 35.6 Å². The van der Waals surface area contributed by atoms with Gasteiger partial charge in [0, 0.05) is 3.57 Å². The number of anilines is 1. The molecule has 2 rings (SSSR count). The standard InChI is InChI=1S/C14H9F3INO/c1-7-3-2-4-8(13(7)18)14(20)19-10-6-5-9(15)11(16)12(10)17/h2-6H,1H3,(H,19,20). The van der Waals surface area contributed by atoms with Gasteiger partial charge in [-0.1, -0.05) is 12.1 Å². The third kappa shape index (κ3) is 2.79. The smallest absolute Gasteiger partial charge is 0.256 e. The molecule has 2 aromatic rings. The van der Waals surface area contributed by atoms with Crippen LogP contribution in [0.4, 0.5) is 18.9 Å². The van der Waals surface area contributed by atoms with Gasteiger partial charge in [0.15, 0.2) is 17.5 Å². The minimum absolute atomic E-state index is 0.342. The topological polar surface area (TPSA) is 29.1 Å². The maximum atomic E-state index is 13.5. The molecule has 0 aliphatic rings. The maximum absolute atomic E-state index is 13.5. The molecule has 20 heavy (non-hydrogen) atoms. The summed E-state index contributed by atoms with van der Waals surface area (Å²) in [5, 5.41) is 2.24. The summed E-state index contributed by atoms with van der Waals surface area (Å²) in [6.45, 7) is 1.83. The van der Waals surface area contributed by atoms with Crippen LogP contribution in [0, 0.1) is 27.9 Å². The molecule has 0 radical (unpaired) electrons. The number of hydrogen-bond donors (Lipinski definition) is 1. The molecule has 0 bridgehead atoms. The third-order valence-electron chi connectivity index (χ3n) is 2.72. The molecule has 0 fully saturated rings. The van der Waals surface area contributed by atoms with Crippen molar-refractivity contribution in [3.63, 3.8) is 0 Å². The molecule has 6 heteroatoms. The van der Waals surface area contributed by atoms with Gasteiger partial charge < -0.3 is 5.32 Å². The highest BCUT2D eigenvalue weighted by Crippen LogP contribution is 2.22. The second kappa shape index (κ2) is 5.82. The molecule has 1 N–H and O–H groups in total. The van der Waals surface area contributed by atoms with Gasteiger partial charge in [0.05, 0.1) is 11.3 Å². The molecule has 0 saturated carbocycles. The van der Waals surface area contributed by atoms with Gasteiger partial charge in [-0.3, -0.25) is 4.79 Å². The second-order valence-corrected chi connectivity index (χ2v) is 5.19. The van der Waals surface area contributed by atoms with Crippen molar-refractivity contribution < 1.29 is 18.0 Å². The fourth-order valence-corrected chi connectivity index (χ4v) is 2.24. The molecule has 0 unspecified atom stereocenters. The summed E-state index contributed by atoms with van der Waals surface area (Å²) < 4.78 is 40.1. The number of rotatable bonds is 2. The highest BCUT2D eigenvalue weighted by Gasteiger charge is 2.17. The third-order valence-corrected chi connectivity index (χ3v) is 4.15. The number of hydrogen-bond acceptors (Lipinski definition) is 1. The molecule has 0 aliphatic carbocycles. The fraction of sp³-hybridized carbons (Fsp3) is 0.0714. The van der Waals surface area contributed by atoms with Crippen LogP contribution in [0.25, 0.3) is 0 Å². The Morgan fingerprint density at radius 2 is 1.80 bits per heavy atom. The Hall–Kier alpha value is -1.57. The minimum Gasteiger partial charge on any atom is -0.319 e. The predicted molar refractivity (Wildman–Crippen MR) is 78.2 cm³/mol. The first-order valence-electron chi connectivity index (χ1n) is 5.61. The molecule has 0 aromatic heterocycles. The van der Waals surface area contributed by atoms with Gasteiger partial charge in [-0.15, -0.1) is 0 Å². The molecule has 2 aromatic carbocycles. The average Bonchev–Trinajstić information content (AvgIpc) is 2.42. The maximum Gasteiger partial charge on any atom is 0.256 e. The van der Waals surface area contributed by atoms with Crippen molar-refractivity contribution in [2.45, 2.75) is 6.92 Å². The van der Waals surface area contributed by atoms with Crippen molar-refractivity contribution in [3.8, 4) is 0 Å². The molecule has 0 aliphatic heterocycles. The van der Waals surface area contributed by atoms with Gasteiger partial charge in [-0.05, 0) is 53.3 Å². The highest BCUT2D eigenvalue weighted by molar-refractivity contribution is 14.1. The van der Waals surface area contributed by atoms with Crippen molar-refractivity contribution >= 4 is 34.2 Å². The lowest BCUT2D eigenvalue weighted by Crippen LogP contribution is -2.15. The number of amides is 1. The number of nitrogens with one attached hydrogen (secondary N) is 1. The molecule has 0 saturated heterocycles. The van der Waals surface area contributed by atoms with Crippen LogP contribution in [0.5, 0.6) is 0 Å². The Morgan fingerprint density at radius 3 is 2.50 bits per heavy atom. The van der Waals surface area contributed by atoms with E-state index in [2.05, 4.69) is 5.32 Å². The van der Waals surface area contributed by atoms with E-state index < -0.39 is 29.0 Å². The van der Waals surface area contributed by atoms with E-state index in [1.165, 1.54) is 0 Å². The van der Waals surface area contributed by atoms with E-state index in [1.54, 1.807) is 12.1 Å². The van der Waals surface area contributed by atoms with Crippen molar-refractivity contribution in [2.24, 2.45) is 0 Å². The number of halogens is 4. The fourth-order valence-electron chi connectivity index (χ4n) is 1.63. The lowest BCUT2D eigenvalue weighted by molar-refractivity contribution is 0.102. The van der Waals surface area contributed by atoms with Crippen LogP contribution in [0.15, 0.2) is 30.3 Å². The average molecular weight is 391 g/mol.